The van der Waals surface area contributed by atoms with Gasteiger partial charge in [-0.2, -0.15) is 0 Å². The van der Waals surface area contributed by atoms with E-state index in [9.17, 15) is 9.59 Å². The predicted octanol–water partition coefficient (Wildman–Crippen LogP) is 3.62. The molecule has 1 aromatic heterocycles. The standard InChI is InChI=1S/C19H18N4O3/c1-13(24)22-15-7-9-16(10-8-15)23-19(25)21-12-18-20-11-17(26-18)14-5-3-2-4-6-14/h2-11H,12H2,1H3,(H,22,24)(H2,21,23,25). The minimum atomic E-state index is -0.378. The maximum Gasteiger partial charge on any atom is 0.319 e. The summed E-state index contributed by atoms with van der Waals surface area (Å²) in [5, 5.41) is 8.04. The summed E-state index contributed by atoms with van der Waals surface area (Å²) in [6.45, 7) is 1.61. The fourth-order valence-corrected chi connectivity index (χ4v) is 2.30. The lowest BCUT2D eigenvalue weighted by atomic mass is 10.2. The second kappa shape index (κ2) is 7.98. The maximum atomic E-state index is 12.0. The molecule has 0 spiro atoms. The van der Waals surface area contributed by atoms with E-state index in [1.807, 2.05) is 30.3 Å². The molecular weight excluding hydrogens is 332 g/mol. The number of carbonyl (C=O) groups is 2. The molecule has 0 atom stereocenters. The van der Waals surface area contributed by atoms with Gasteiger partial charge in [-0.1, -0.05) is 30.3 Å². The first-order valence-corrected chi connectivity index (χ1v) is 8.03. The Morgan fingerprint density at radius 1 is 0.962 bits per heavy atom. The van der Waals surface area contributed by atoms with Gasteiger partial charge in [0.2, 0.25) is 11.8 Å². The highest BCUT2D eigenvalue weighted by molar-refractivity contribution is 5.91. The average molecular weight is 350 g/mol. The van der Waals surface area contributed by atoms with Crippen LogP contribution in [0.4, 0.5) is 16.2 Å². The highest BCUT2D eigenvalue weighted by Crippen LogP contribution is 2.19. The first-order chi connectivity index (χ1) is 12.6. The van der Waals surface area contributed by atoms with E-state index < -0.39 is 0 Å². The van der Waals surface area contributed by atoms with Crippen LogP contribution in [0.25, 0.3) is 11.3 Å². The summed E-state index contributed by atoms with van der Waals surface area (Å²) in [5.41, 5.74) is 2.20. The number of rotatable bonds is 5. The number of carbonyl (C=O) groups excluding carboxylic acids is 2. The van der Waals surface area contributed by atoms with Crippen LogP contribution in [0.2, 0.25) is 0 Å². The van der Waals surface area contributed by atoms with Gasteiger partial charge in [-0.25, -0.2) is 9.78 Å². The zero-order chi connectivity index (χ0) is 18.4. The third kappa shape index (κ3) is 4.70. The molecule has 0 aliphatic heterocycles. The Hall–Kier alpha value is -3.61. The van der Waals surface area contributed by atoms with E-state index in [0.29, 0.717) is 23.0 Å². The lowest BCUT2D eigenvalue weighted by Gasteiger charge is -2.07. The number of hydrogen-bond acceptors (Lipinski definition) is 4. The number of hydrogen-bond donors (Lipinski definition) is 3. The lowest BCUT2D eigenvalue weighted by Crippen LogP contribution is -2.28. The zero-order valence-electron chi connectivity index (χ0n) is 14.2. The van der Waals surface area contributed by atoms with Gasteiger partial charge < -0.3 is 20.4 Å². The minimum Gasteiger partial charge on any atom is -0.439 e. The highest BCUT2D eigenvalue weighted by atomic mass is 16.4. The smallest absolute Gasteiger partial charge is 0.319 e. The fourth-order valence-electron chi connectivity index (χ4n) is 2.30. The molecule has 3 aromatic rings. The van der Waals surface area contributed by atoms with E-state index in [1.165, 1.54) is 6.92 Å². The first-order valence-electron chi connectivity index (χ1n) is 8.03. The van der Waals surface area contributed by atoms with Gasteiger partial charge in [0, 0.05) is 23.9 Å². The van der Waals surface area contributed by atoms with Gasteiger partial charge in [-0.05, 0) is 24.3 Å². The van der Waals surface area contributed by atoms with Crippen molar-refractivity contribution in [3.63, 3.8) is 0 Å². The van der Waals surface area contributed by atoms with Crippen LogP contribution in [0.1, 0.15) is 12.8 Å². The molecule has 0 radical (unpaired) electrons. The Bertz CT molecular complexity index is 889. The number of amides is 3. The molecular formula is C19H18N4O3. The molecule has 2 aromatic carbocycles. The van der Waals surface area contributed by atoms with Crippen LogP contribution in [0.3, 0.4) is 0 Å². The largest absolute Gasteiger partial charge is 0.439 e. The monoisotopic (exact) mass is 350 g/mol. The summed E-state index contributed by atoms with van der Waals surface area (Å²) in [4.78, 5) is 27.1. The summed E-state index contributed by atoms with van der Waals surface area (Å²) in [6.07, 6.45) is 1.63. The summed E-state index contributed by atoms with van der Waals surface area (Å²) >= 11 is 0. The number of nitrogens with one attached hydrogen (secondary N) is 3. The van der Waals surface area contributed by atoms with Crippen LogP contribution in [-0.2, 0) is 11.3 Å². The second-order valence-electron chi connectivity index (χ2n) is 5.55. The molecule has 26 heavy (non-hydrogen) atoms. The van der Waals surface area contributed by atoms with Gasteiger partial charge in [-0.3, -0.25) is 4.79 Å². The van der Waals surface area contributed by atoms with Crippen LogP contribution in [0.5, 0.6) is 0 Å². The molecule has 0 saturated carbocycles. The Labute approximate surface area is 150 Å². The molecule has 0 saturated heterocycles. The molecule has 0 unspecified atom stereocenters. The van der Waals surface area contributed by atoms with Crippen molar-refractivity contribution in [3.8, 4) is 11.3 Å². The molecule has 0 bridgehead atoms. The molecule has 0 fully saturated rings. The van der Waals surface area contributed by atoms with E-state index >= 15 is 0 Å². The molecule has 3 N–H and O–H groups in total. The Balaban J connectivity index is 1.51. The van der Waals surface area contributed by atoms with Crippen LogP contribution >= 0.6 is 0 Å². The number of urea groups is 1. The van der Waals surface area contributed by atoms with Crippen molar-refractivity contribution in [1.82, 2.24) is 10.3 Å². The van der Waals surface area contributed by atoms with Crippen molar-refractivity contribution in [1.29, 1.82) is 0 Å². The topological polar surface area (TPSA) is 96.3 Å². The fraction of sp³-hybridized carbons (Fsp3) is 0.105. The van der Waals surface area contributed by atoms with Gasteiger partial charge in [0.05, 0.1) is 12.7 Å². The van der Waals surface area contributed by atoms with Gasteiger partial charge in [0.15, 0.2) is 5.76 Å². The van der Waals surface area contributed by atoms with Gasteiger partial charge >= 0.3 is 6.03 Å². The van der Waals surface area contributed by atoms with Gasteiger partial charge in [0.25, 0.3) is 0 Å². The SMILES string of the molecule is CC(=O)Nc1ccc(NC(=O)NCc2ncc(-c3ccccc3)o2)cc1. The van der Waals surface area contributed by atoms with E-state index in [-0.39, 0.29) is 18.5 Å². The maximum absolute atomic E-state index is 12.0. The van der Waals surface area contributed by atoms with Crippen molar-refractivity contribution < 1.29 is 14.0 Å². The normalized spacial score (nSPS) is 10.2. The number of anilines is 2. The predicted molar refractivity (Wildman–Crippen MR) is 98.5 cm³/mol. The highest BCUT2D eigenvalue weighted by Gasteiger charge is 2.08. The summed E-state index contributed by atoms with van der Waals surface area (Å²) in [5.74, 6) is 0.917. The van der Waals surface area contributed by atoms with Crippen molar-refractivity contribution >= 4 is 23.3 Å². The second-order valence-corrected chi connectivity index (χ2v) is 5.55. The molecule has 0 aliphatic carbocycles. The van der Waals surface area contributed by atoms with Gasteiger partial charge in [-0.15, -0.1) is 0 Å². The minimum absolute atomic E-state index is 0.149. The van der Waals surface area contributed by atoms with Crippen LogP contribution in [0, 0.1) is 0 Å². The van der Waals surface area contributed by atoms with E-state index in [0.717, 1.165) is 5.56 Å². The van der Waals surface area contributed by atoms with E-state index in [2.05, 4.69) is 20.9 Å². The van der Waals surface area contributed by atoms with Crippen molar-refractivity contribution in [2.24, 2.45) is 0 Å². The molecule has 7 nitrogen and oxygen atoms in total. The number of oxazole rings is 1. The number of aromatic nitrogens is 1. The molecule has 7 heteroatoms. The lowest BCUT2D eigenvalue weighted by molar-refractivity contribution is -0.114. The summed E-state index contributed by atoms with van der Waals surface area (Å²) in [6, 6.07) is 16.0. The number of benzene rings is 2. The van der Waals surface area contributed by atoms with Gasteiger partial charge in [0.1, 0.15) is 0 Å². The molecule has 3 rings (SSSR count). The van der Waals surface area contributed by atoms with Crippen LogP contribution in [0.15, 0.2) is 65.2 Å². The van der Waals surface area contributed by atoms with E-state index in [4.69, 9.17) is 4.42 Å². The average Bonchev–Trinajstić information content (AvgIpc) is 3.11. The van der Waals surface area contributed by atoms with Crippen LogP contribution in [-0.4, -0.2) is 16.9 Å². The zero-order valence-corrected chi connectivity index (χ0v) is 14.2. The Morgan fingerprint density at radius 3 is 2.27 bits per heavy atom. The number of nitrogens with zero attached hydrogens (tertiary/aromatic N) is 1. The molecule has 3 amide bonds. The first kappa shape index (κ1) is 17.2. The molecule has 0 aliphatic rings. The van der Waals surface area contributed by atoms with Crippen molar-refractivity contribution in [3.05, 3.63) is 66.7 Å². The van der Waals surface area contributed by atoms with Crippen molar-refractivity contribution in [2.75, 3.05) is 10.6 Å². The van der Waals surface area contributed by atoms with E-state index in [1.54, 1.807) is 30.5 Å². The summed E-state index contributed by atoms with van der Waals surface area (Å²) < 4.78 is 5.63. The quantitative estimate of drug-likeness (QED) is 0.655. The Kier molecular flexibility index (Phi) is 5.28. The van der Waals surface area contributed by atoms with Crippen LogP contribution < -0.4 is 16.0 Å². The molecule has 132 valence electrons. The summed E-state index contributed by atoms with van der Waals surface area (Å²) in [7, 11) is 0. The third-order valence-electron chi connectivity index (χ3n) is 3.48. The third-order valence-corrected chi connectivity index (χ3v) is 3.48. The molecule has 1 heterocycles. The Morgan fingerprint density at radius 2 is 1.62 bits per heavy atom. The van der Waals surface area contributed by atoms with Crippen molar-refractivity contribution in [2.45, 2.75) is 13.5 Å².